The van der Waals surface area contributed by atoms with Crippen molar-refractivity contribution in [3.8, 4) is 10.7 Å². The van der Waals surface area contributed by atoms with E-state index in [1.807, 2.05) is 18.2 Å². The molecule has 0 aromatic carbocycles. The number of nitrogens with zero attached hydrogens (tertiary/aromatic N) is 3. The fourth-order valence-electron chi connectivity index (χ4n) is 3.74. The maximum absolute atomic E-state index is 12.2. The van der Waals surface area contributed by atoms with Crippen LogP contribution in [0.3, 0.4) is 0 Å². The highest BCUT2D eigenvalue weighted by Crippen LogP contribution is 2.42. The van der Waals surface area contributed by atoms with E-state index < -0.39 is 0 Å². The Morgan fingerprint density at radius 1 is 1.17 bits per heavy atom. The molecule has 2 amide bonds. The van der Waals surface area contributed by atoms with Gasteiger partial charge in [-0.15, -0.1) is 10.2 Å². The summed E-state index contributed by atoms with van der Waals surface area (Å²) < 4.78 is 17.1. The lowest BCUT2D eigenvalue weighted by atomic mass is 9.75. The number of hydrogen-bond acceptors (Lipinski definition) is 8. The van der Waals surface area contributed by atoms with Crippen molar-refractivity contribution in [3.63, 3.8) is 0 Å². The van der Waals surface area contributed by atoms with Crippen molar-refractivity contribution in [3.05, 3.63) is 24.4 Å². The smallest absolute Gasteiger partial charge is 0.321 e. The quantitative estimate of drug-likeness (QED) is 0.664. The van der Waals surface area contributed by atoms with E-state index in [1.54, 1.807) is 6.20 Å². The molecule has 2 fully saturated rings. The first-order valence-electron chi connectivity index (χ1n) is 9.86. The standard InChI is InChI=1S/C19H25N5O4S/c25-17(22-18-24-23-15(29-18)14-4-1-2-8-20-14)21-9-3-5-19(6-10-26-11-7-19)16-27-12-13-28-16/h1-2,4,8,16H,3,5-7,9-13H2,(H2,21,22,24,25). The van der Waals surface area contributed by atoms with Crippen LogP contribution in [0.25, 0.3) is 10.7 Å². The highest BCUT2D eigenvalue weighted by Gasteiger charge is 2.43. The number of rotatable bonds is 7. The van der Waals surface area contributed by atoms with Gasteiger partial charge in [0.2, 0.25) is 5.13 Å². The molecule has 2 aliphatic heterocycles. The largest absolute Gasteiger partial charge is 0.381 e. The maximum Gasteiger partial charge on any atom is 0.321 e. The molecule has 2 saturated heterocycles. The fraction of sp³-hybridized carbons (Fsp3) is 0.579. The lowest BCUT2D eigenvalue weighted by Gasteiger charge is -2.40. The summed E-state index contributed by atoms with van der Waals surface area (Å²) >= 11 is 1.29. The summed E-state index contributed by atoms with van der Waals surface area (Å²) in [5, 5.41) is 14.8. The van der Waals surface area contributed by atoms with Gasteiger partial charge in [0.05, 0.1) is 13.2 Å². The van der Waals surface area contributed by atoms with Crippen LogP contribution in [-0.4, -0.2) is 60.5 Å². The molecular formula is C19H25N5O4S. The molecule has 2 aromatic heterocycles. The molecule has 2 aliphatic rings. The van der Waals surface area contributed by atoms with E-state index in [4.69, 9.17) is 14.2 Å². The van der Waals surface area contributed by atoms with Crippen molar-refractivity contribution in [2.45, 2.75) is 32.0 Å². The summed E-state index contributed by atoms with van der Waals surface area (Å²) in [6, 6.07) is 5.29. The van der Waals surface area contributed by atoms with E-state index in [-0.39, 0.29) is 17.7 Å². The molecule has 2 N–H and O–H groups in total. The molecule has 0 atom stereocenters. The Morgan fingerprint density at radius 2 is 2.00 bits per heavy atom. The van der Waals surface area contributed by atoms with Gasteiger partial charge in [0.25, 0.3) is 0 Å². The van der Waals surface area contributed by atoms with Gasteiger partial charge in [-0.25, -0.2) is 4.79 Å². The lowest BCUT2D eigenvalue weighted by Crippen LogP contribution is -2.42. The predicted octanol–water partition coefficient (Wildman–Crippen LogP) is 2.67. The zero-order valence-corrected chi connectivity index (χ0v) is 17.0. The van der Waals surface area contributed by atoms with E-state index in [0.29, 0.717) is 29.9 Å². The number of carbonyl (C=O) groups excluding carboxylic acids is 1. The summed E-state index contributed by atoms with van der Waals surface area (Å²) in [5.74, 6) is 0. The molecule has 4 heterocycles. The van der Waals surface area contributed by atoms with Gasteiger partial charge in [0.1, 0.15) is 5.69 Å². The molecule has 0 bridgehead atoms. The monoisotopic (exact) mass is 419 g/mol. The summed E-state index contributed by atoms with van der Waals surface area (Å²) in [6.07, 6.45) is 5.14. The number of hydrogen-bond donors (Lipinski definition) is 2. The summed E-state index contributed by atoms with van der Waals surface area (Å²) in [4.78, 5) is 16.4. The van der Waals surface area contributed by atoms with Crippen LogP contribution in [0.1, 0.15) is 25.7 Å². The summed E-state index contributed by atoms with van der Waals surface area (Å²) in [7, 11) is 0. The Kier molecular flexibility index (Phi) is 6.65. The zero-order chi connectivity index (χ0) is 19.9. The first kappa shape index (κ1) is 20.1. The molecule has 0 saturated carbocycles. The minimum Gasteiger partial charge on any atom is -0.381 e. The summed E-state index contributed by atoms with van der Waals surface area (Å²) in [5.41, 5.74) is 0.709. The topological polar surface area (TPSA) is 107 Å². The van der Waals surface area contributed by atoms with Crippen molar-refractivity contribution in [2.24, 2.45) is 5.41 Å². The molecule has 4 rings (SSSR count). The van der Waals surface area contributed by atoms with Crippen LogP contribution in [0.4, 0.5) is 9.93 Å². The molecule has 0 unspecified atom stereocenters. The van der Waals surface area contributed by atoms with E-state index in [1.165, 1.54) is 11.3 Å². The number of amides is 2. The minimum atomic E-state index is -0.289. The van der Waals surface area contributed by atoms with Crippen LogP contribution in [0.5, 0.6) is 0 Å². The van der Waals surface area contributed by atoms with Gasteiger partial charge in [-0.2, -0.15) is 0 Å². The Balaban J connectivity index is 1.23. The van der Waals surface area contributed by atoms with E-state index in [9.17, 15) is 4.79 Å². The van der Waals surface area contributed by atoms with Gasteiger partial charge < -0.3 is 19.5 Å². The fourth-order valence-corrected chi connectivity index (χ4v) is 4.46. The van der Waals surface area contributed by atoms with Gasteiger partial charge in [-0.3, -0.25) is 10.3 Å². The molecular weight excluding hydrogens is 394 g/mol. The van der Waals surface area contributed by atoms with Gasteiger partial charge in [0, 0.05) is 31.4 Å². The van der Waals surface area contributed by atoms with E-state index in [0.717, 1.165) is 44.6 Å². The van der Waals surface area contributed by atoms with Crippen LogP contribution >= 0.6 is 11.3 Å². The first-order chi connectivity index (χ1) is 14.3. The van der Waals surface area contributed by atoms with Crippen molar-refractivity contribution in [1.82, 2.24) is 20.5 Å². The maximum atomic E-state index is 12.2. The zero-order valence-electron chi connectivity index (χ0n) is 16.1. The molecule has 10 heteroatoms. The highest BCUT2D eigenvalue weighted by molar-refractivity contribution is 7.18. The molecule has 2 aromatic rings. The molecule has 156 valence electrons. The number of urea groups is 1. The highest BCUT2D eigenvalue weighted by atomic mass is 32.1. The van der Waals surface area contributed by atoms with Gasteiger partial charge in [0.15, 0.2) is 11.3 Å². The second kappa shape index (κ2) is 9.57. The predicted molar refractivity (Wildman–Crippen MR) is 108 cm³/mol. The van der Waals surface area contributed by atoms with Gasteiger partial charge >= 0.3 is 6.03 Å². The molecule has 0 radical (unpaired) electrons. The number of anilines is 1. The van der Waals surface area contributed by atoms with Gasteiger partial charge in [-0.05, 0) is 37.8 Å². The SMILES string of the molecule is O=C(NCCCC1(C2OCCO2)CCOCC1)Nc1nnc(-c2ccccn2)s1. The number of carbonyl (C=O) groups is 1. The van der Waals surface area contributed by atoms with Crippen molar-refractivity contribution in [2.75, 3.05) is 38.3 Å². The summed E-state index contributed by atoms with van der Waals surface area (Å²) in [6.45, 7) is 3.32. The Hall–Kier alpha value is -2.14. The van der Waals surface area contributed by atoms with Crippen molar-refractivity contribution < 1.29 is 19.0 Å². The Labute approximate surface area is 173 Å². The average Bonchev–Trinajstić information content (AvgIpc) is 3.45. The second-order valence-corrected chi connectivity index (χ2v) is 8.14. The number of ether oxygens (including phenoxy) is 3. The third-order valence-corrected chi connectivity index (χ3v) is 6.14. The van der Waals surface area contributed by atoms with Crippen LogP contribution < -0.4 is 10.6 Å². The number of aromatic nitrogens is 3. The van der Waals surface area contributed by atoms with Crippen LogP contribution in [0, 0.1) is 5.41 Å². The van der Waals surface area contributed by atoms with Gasteiger partial charge in [-0.1, -0.05) is 17.4 Å². The lowest BCUT2D eigenvalue weighted by molar-refractivity contribution is -0.168. The average molecular weight is 420 g/mol. The minimum absolute atomic E-state index is 0.0241. The van der Waals surface area contributed by atoms with Crippen LogP contribution in [0.2, 0.25) is 0 Å². The third kappa shape index (κ3) is 5.08. The molecule has 0 aliphatic carbocycles. The molecule has 9 nitrogen and oxygen atoms in total. The second-order valence-electron chi connectivity index (χ2n) is 7.16. The molecule has 29 heavy (non-hydrogen) atoms. The Bertz CT molecular complexity index is 791. The van der Waals surface area contributed by atoms with Crippen molar-refractivity contribution >= 4 is 22.5 Å². The molecule has 0 spiro atoms. The first-order valence-corrected chi connectivity index (χ1v) is 10.7. The Morgan fingerprint density at radius 3 is 2.76 bits per heavy atom. The van der Waals surface area contributed by atoms with Crippen molar-refractivity contribution in [1.29, 1.82) is 0 Å². The van der Waals surface area contributed by atoms with Crippen LogP contribution in [-0.2, 0) is 14.2 Å². The van der Waals surface area contributed by atoms with E-state index in [2.05, 4.69) is 25.8 Å². The van der Waals surface area contributed by atoms with E-state index >= 15 is 0 Å². The normalized spacial score (nSPS) is 19.2. The van der Waals surface area contributed by atoms with Crippen LogP contribution in [0.15, 0.2) is 24.4 Å². The number of pyridine rings is 1. The third-order valence-electron chi connectivity index (χ3n) is 5.28. The number of nitrogens with one attached hydrogen (secondary N) is 2.